The van der Waals surface area contributed by atoms with E-state index < -0.39 is 0 Å². The number of hydrogen-bond acceptors (Lipinski definition) is 5. The molecule has 0 spiro atoms. The van der Waals surface area contributed by atoms with Gasteiger partial charge >= 0.3 is 0 Å². The van der Waals surface area contributed by atoms with Gasteiger partial charge in [0.15, 0.2) is 11.5 Å². The maximum Gasteiger partial charge on any atom is 0.164 e. The Balaban J connectivity index is 1.74. The average Bonchev–Trinajstić information content (AvgIpc) is 3.02. The standard InChI is InChI=1S/C18H15ClN6/c1-25-18-15(11-22-25)17(21-10-12-3-2-4-14(19)9-12)23-16(24-18)13-5-7-20-8-6-13/h2-9,11H,10H2,1H3,(H,21,23,24). The van der Waals surface area contributed by atoms with Crippen LogP contribution in [0.25, 0.3) is 22.4 Å². The van der Waals surface area contributed by atoms with Crippen LogP contribution in [-0.2, 0) is 13.6 Å². The molecular formula is C18H15ClN6. The van der Waals surface area contributed by atoms with Gasteiger partial charge in [-0.2, -0.15) is 5.10 Å². The van der Waals surface area contributed by atoms with E-state index in [0.29, 0.717) is 17.4 Å². The number of anilines is 1. The van der Waals surface area contributed by atoms with Crippen LogP contribution >= 0.6 is 11.6 Å². The summed E-state index contributed by atoms with van der Waals surface area (Å²) in [4.78, 5) is 13.4. The van der Waals surface area contributed by atoms with E-state index >= 15 is 0 Å². The third-order valence-corrected chi connectivity index (χ3v) is 4.11. The Labute approximate surface area is 149 Å². The number of fused-ring (bicyclic) bond motifs is 1. The van der Waals surface area contributed by atoms with Gasteiger partial charge in [0, 0.05) is 36.6 Å². The number of benzene rings is 1. The summed E-state index contributed by atoms with van der Waals surface area (Å²) in [5, 5.41) is 9.27. The monoisotopic (exact) mass is 350 g/mol. The maximum absolute atomic E-state index is 6.06. The highest BCUT2D eigenvalue weighted by molar-refractivity contribution is 6.30. The van der Waals surface area contributed by atoms with Crippen LogP contribution in [0.3, 0.4) is 0 Å². The molecule has 0 aliphatic heterocycles. The third-order valence-electron chi connectivity index (χ3n) is 3.88. The van der Waals surface area contributed by atoms with Gasteiger partial charge in [-0.1, -0.05) is 23.7 Å². The normalized spacial score (nSPS) is 11.0. The highest BCUT2D eigenvalue weighted by Crippen LogP contribution is 2.25. The smallest absolute Gasteiger partial charge is 0.164 e. The van der Waals surface area contributed by atoms with Gasteiger partial charge in [0.2, 0.25) is 0 Å². The largest absolute Gasteiger partial charge is 0.365 e. The van der Waals surface area contributed by atoms with Crippen molar-refractivity contribution in [3.63, 3.8) is 0 Å². The predicted molar refractivity (Wildman–Crippen MR) is 98.3 cm³/mol. The first-order valence-corrected chi connectivity index (χ1v) is 8.17. The maximum atomic E-state index is 6.06. The first kappa shape index (κ1) is 15.5. The molecule has 7 heteroatoms. The van der Waals surface area contributed by atoms with Crippen LogP contribution in [0.1, 0.15) is 5.56 Å². The Kier molecular flexibility index (Phi) is 4.03. The second-order valence-corrected chi connectivity index (χ2v) is 6.06. The Morgan fingerprint density at radius 2 is 1.96 bits per heavy atom. The Morgan fingerprint density at radius 3 is 2.76 bits per heavy atom. The molecule has 1 N–H and O–H groups in total. The van der Waals surface area contributed by atoms with Gasteiger partial charge in [-0.15, -0.1) is 0 Å². The molecule has 0 aliphatic rings. The summed E-state index contributed by atoms with van der Waals surface area (Å²) in [6.07, 6.45) is 5.22. The number of nitrogens with zero attached hydrogens (tertiary/aromatic N) is 5. The number of halogens is 1. The zero-order valence-corrected chi connectivity index (χ0v) is 14.3. The third kappa shape index (κ3) is 3.16. The van der Waals surface area contributed by atoms with Crippen molar-refractivity contribution < 1.29 is 0 Å². The number of pyridine rings is 1. The van der Waals surface area contributed by atoms with Crippen molar-refractivity contribution in [3.8, 4) is 11.4 Å². The fourth-order valence-corrected chi connectivity index (χ4v) is 2.83. The molecule has 0 bridgehead atoms. The van der Waals surface area contributed by atoms with Crippen molar-refractivity contribution in [2.24, 2.45) is 7.05 Å². The molecule has 3 heterocycles. The second kappa shape index (κ2) is 6.49. The van der Waals surface area contributed by atoms with Crippen LogP contribution in [0.4, 0.5) is 5.82 Å². The highest BCUT2D eigenvalue weighted by atomic mass is 35.5. The topological polar surface area (TPSA) is 68.5 Å². The molecule has 0 fully saturated rings. The summed E-state index contributed by atoms with van der Waals surface area (Å²) >= 11 is 6.06. The Hall–Kier alpha value is -2.99. The number of aryl methyl sites for hydroxylation is 1. The molecule has 0 saturated heterocycles. The van der Waals surface area contributed by atoms with Crippen molar-refractivity contribution in [2.75, 3.05) is 5.32 Å². The molecule has 1 aromatic carbocycles. The minimum Gasteiger partial charge on any atom is -0.365 e. The Morgan fingerprint density at radius 1 is 1.12 bits per heavy atom. The molecule has 4 aromatic rings. The summed E-state index contributed by atoms with van der Waals surface area (Å²) in [6.45, 7) is 0.608. The molecule has 0 amide bonds. The quantitative estimate of drug-likeness (QED) is 0.608. The lowest BCUT2D eigenvalue weighted by Crippen LogP contribution is -2.04. The fourth-order valence-electron chi connectivity index (χ4n) is 2.62. The predicted octanol–water partition coefficient (Wildman–Crippen LogP) is 3.69. The van der Waals surface area contributed by atoms with E-state index in [0.717, 1.165) is 28.0 Å². The van der Waals surface area contributed by atoms with Crippen LogP contribution in [0, 0.1) is 0 Å². The summed E-state index contributed by atoms with van der Waals surface area (Å²) in [5.41, 5.74) is 2.76. The number of aromatic nitrogens is 5. The second-order valence-electron chi connectivity index (χ2n) is 5.62. The van der Waals surface area contributed by atoms with E-state index in [1.807, 2.05) is 43.4 Å². The number of rotatable bonds is 4. The molecule has 6 nitrogen and oxygen atoms in total. The zero-order valence-electron chi connectivity index (χ0n) is 13.5. The van der Waals surface area contributed by atoms with E-state index in [9.17, 15) is 0 Å². The van der Waals surface area contributed by atoms with E-state index in [-0.39, 0.29) is 0 Å². The van der Waals surface area contributed by atoms with Crippen molar-refractivity contribution in [1.29, 1.82) is 0 Å². The molecule has 4 rings (SSSR count). The van der Waals surface area contributed by atoms with Crippen molar-refractivity contribution in [3.05, 3.63) is 65.6 Å². The summed E-state index contributed by atoms with van der Waals surface area (Å²) in [5.74, 6) is 1.37. The fraction of sp³-hybridized carbons (Fsp3) is 0.111. The van der Waals surface area contributed by atoms with E-state index in [1.165, 1.54) is 0 Å². The van der Waals surface area contributed by atoms with Gasteiger partial charge < -0.3 is 5.32 Å². The highest BCUT2D eigenvalue weighted by Gasteiger charge is 2.12. The Bertz CT molecular complexity index is 1030. The molecule has 0 saturated carbocycles. The molecule has 25 heavy (non-hydrogen) atoms. The van der Waals surface area contributed by atoms with Crippen molar-refractivity contribution in [1.82, 2.24) is 24.7 Å². The zero-order chi connectivity index (χ0) is 17.2. The van der Waals surface area contributed by atoms with Gasteiger partial charge in [0.05, 0.1) is 11.6 Å². The molecule has 0 atom stereocenters. The van der Waals surface area contributed by atoms with Crippen LogP contribution in [0.2, 0.25) is 5.02 Å². The van der Waals surface area contributed by atoms with Crippen LogP contribution < -0.4 is 5.32 Å². The molecule has 0 radical (unpaired) electrons. The van der Waals surface area contributed by atoms with Crippen LogP contribution in [0.15, 0.2) is 55.0 Å². The van der Waals surface area contributed by atoms with Gasteiger partial charge in [0.1, 0.15) is 5.82 Å². The summed E-state index contributed by atoms with van der Waals surface area (Å²) in [6, 6.07) is 11.5. The van der Waals surface area contributed by atoms with Gasteiger partial charge in [-0.3, -0.25) is 9.67 Å². The lowest BCUT2D eigenvalue weighted by Gasteiger charge is -2.09. The minimum absolute atomic E-state index is 0.608. The number of hydrogen-bond donors (Lipinski definition) is 1. The average molecular weight is 351 g/mol. The summed E-state index contributed by atoms with van der Waals surface area (Å²) < 4.78 is 1.74. The van der Waals surface area contributed by atoms with Crippen LogP contribution in [0.5, 0.6) is 0 Å². The van der Waals surface area contributed by atoms with Crippen LogP contribution in [-0.4, -0.2) is 24.7 Å². The summed E-state index contributed by atoms with van der Waals surface area (Å²) in [7, 11) is 1.87. The van der Waals surface area contributed by atoms with E-state index in [4.69, 9.17) is 11.6 Å². The first-order chi connectivity index (χ1) is 12.2. The van der Waals surface area contributed by atoms with E-state index in [1.54, 1.807) is 23.3 Å². The molecule has 124 valence electrons. The first-order valence-electron chi connectivity index (χ1n) is 7.79. The lowest BCUT2D eigenvalue weighted by atomic mass is 10.2. The molecular weight excluding hydrogens is 336 g/mol. The van der Waals surface area contributed by atoms with Gasteiger partial charge in [0.25, 0.3) is 0 Å². The van der Waals surface area contributed by atoms with Gasteiger partial charge in [-0.05, 0) is 29.8 Å². The SMILES string of the molecule is Cn1ncc2c(NCc3cccc(Cl)c3)nc(-c3ccncc3)nc21. The van der Waals surface area contributed by atoms with Gasteiger partial charge in [-0.25, -0.2) is 9.97 Å². The molecule has 0 aliphatic carbocycles. The van der Waals surface area contributed by atoms with Crippen molar-refractivity contribution in [2.45, 2.75) is 6.54 Å². The molecule has 3 aromatic heterocycles. The lowest BCUT2D eigenvalue weighted by molar-refractivity contribution is 0.786. The van der Waals surface area contributed by atoms with E-state index in [2.05, 4.69) is 25.4 Å². The van der Waals surface area contributed by atoms with Crippen molar-refractivity contribution >= 4 is 28.5 Å². The molecule has 0 unspecified atom stereocenters. The minimum atomic E-state index is 0.608. The number of nitrogens with one attached hydrogen (secondary N) is 1.